The number of alkyl halides is 3. The van der Waals surface area contributed by atoms with Gasteiger partial charge in [-0.25, -0.2) is 0 Å². The minimum absolute atomic E-state index is 0.0427. The van der Waals surface area contributed by atoms with E-state index in [0.29, 0.717) is 35.8 Å². The van der Waals surface area contributed by atoms with Crippen molar-refractivity contribution in [3.8, 4) is 17.2 Å². The molecule has 1 atom stereocenters. The molecule has 0 aliphatic carbocycles. The van der Waals surface area contributed by atoms with E-state index in [-0.39, 0.29) is 6.79 Å². The average molecular weight is 346 g/mol. The molecule has 0 saturated heterocycles. The summed E-state index contributed by atoms with van der Waals surface area (Å²) >= 11 is 0. The molecule has 2 heterocycles. The van der Waals surface area contributed by atoms with Gasteiger partial charge in [-0.3, -0.25) is 4.90 Å². The Hall–Kier alpha value is -2.16. The van der Waals surface area contributed by atoms with Crippen LogP contribution in [-0.2, 0) is 6.42 Å². The molecule has 132 valence electrons. The Labute approximate surface area is 136 Å². The smallest absolute Gasteiger partial charge is 0.432 e. The molecular formula is C15H17F3N2O4. The van der Waals surface area contributed by atoms with Crippen LogP contribution in [0.4, 0.5) is 13.2 Å². The lowest BCUT2D eigenvalue weighted by molar-refractivity contribution is -0.0638. The van der Waals surface area contributed by atoms with Gasteiger partial charge in [-0.05, 0) is 25.1 Å². The highest BCUT2D eigenvalue weighted by atomic mass is 19.4. The van der Waals surface area contributed by atoms with E-state index in [2.05, 4.69) is 5.16 Å². The number of rotatable bonds is 3. The van der Waals surface area contributed by atoms with E-state index < -0.39 is 24.4 Å². The number of ether oxygens (including phenoxy) is 3. The minimum Gasteiger partial charge on any atom is -0.492 e. The Morgan fingerprint density at radius 1 is 1.46 bits per heavy atom. The summed E-state index contributed by atoms with van der Waals surface area (Å²) in [4.78, 5) is 1.78. The number of nitrogens with zero attached hydrogens (tertiary/aromatic N) is 2. The summed E-state index contributed by atoms with van der Waals surface area (Å²) in [6.45, 7) is 0.609. The van der Waals surface area contributed by atoms with Gasteiger partial charge < -0.3 is 19.4 Å². The van der Waals surface area contributed by atoms with E-state index in [4.69, 9.17) is 19.4 Å². The molecule has 9 heteroatoms. The second kappa shape index (κ2) is 6.04. The van der Waals surface area contributed by atoms with Crippen LogP contribution in [0.2, 0.25) is 0 Å². The number of halogens is 3. The largest absolute Gasteiger partial charge is 0.492 e. The fourth-order valence-corrected chi connectivity index (χ4v) is 3.18. The molecule has 3 rings (SSSR count). The van der Waals surface area contributed by atoms with Gasteiger partial charge in [0.25, 0.3) is 0 Å². The number of benzene rings is 1. The highest BCUT2D eigenvalue weighted by molar-refractivity contribution is 5.90. The van der Waals surface area contributed by atoms with Crippen molar-refractivity contribution < 1.29 is 32.6 Å². The zero-order valence-electron chi connectivity index (χ0n) is 13.2. The highest BCUT2D eigenvalue weighted by Gasteiger charge is 2.41. The third-order valence-corrected chi connectivity index (χ3v) is 4.38. The molecule has 6 nitrogen and oxygen atoms in total. The molecule has 0 radical (unpaired) electrons. The normalized spacial score (nSPS) is 20.9. The van der Waals surface area contributed by atoms with Gasteiger partial charge in [0.05, 0.1) is 7.11 Å². The molecular weight excluding hydrogens is 329 g/mol. The number of fused-ring (bicyclic) bond motifs is 2. The van der Waals surface area contributed by atoms with Crippen LogP contribution in [0.15, 0.2) is 11.2 Å². The van der Waals surface area contributed by atoms with Gasteiger partial charge in [-0.15, -0.1) is 0 Å². The Balaban J connectivity index is 2.07. The first-order chi connectivity index (χ1) is 11.4. The first kappa shape index (κ1) is 16.7. The summed E-state index contributed by atoms with van der Waals surface area (Å²) in [5.41, 5.74) is 0.228. The van der Waals surface area contributed by atoms with Crippen LogP contribution in [-0.4, -0.2) is 49.5 Å². The molecule has 0 fully saturated rings. The van der Waals surface area contributed by atoms with Crippen LogP contribution in [0, 0.1) is 0 Å². The molecule has 1 N–H and O–H groups in total. The van der Waals surface area contributed by atoms with Crippen molar-refractivity contribution in [2.24, 2.45) is 5.16 Å². The first-order valence-corrected chi connectivity index (χ1v) is 7.34. The third kappa shape index (κ3) is 2.72. The predicted molar refractivity (Wildman–Crippen MR) is 78.1 cm³/mol. The number of hydrogen-bond acceptors (Lipinski definition) is 6. The molecule has 0 bridgehead atoms. The highest BCUT2D eigenvalue weighted by Crippen LogP contribution is 2.50. The Kier molecular flexibility index (Phi) is 4.20. The standard InChI is InChI=1S/C15H17F3N2O4/c1-20-4-3-8-5-10-13(24-7-23-10)14(22-2)12(8)9(20)6-11(19-21)15(16,17)18/h5,9,21H,3-4,6-7H2,1-2H3/t9-/m1/s1. The van der Waals surface area contributed by atoms with E-state index in [1.54, 1.807) is 18.0 Å². The van der Waals surface area contributed by atoms with E-state index in [1.165, 1.54) is 7.11 Å². The van der Waals surface area contributed by atoms with Crippen molar-refractivity contribution >= 4 is 5.71 Å². The van der Waals surface area contributed by atoms with Crippen LogP contribution >= 0.6 is 0 Å². The zero-order valence-corrected chi connectivity index (χ0v) is 13.2. The fourth-order valence-electron chi connectivity index (χ4n) is 3.18. The molecule has 0 amide bonds. The van der Waals surface area contributed by atoms with E-state index >= 15 is 0 Å². The van der Waals surface area contributed by atoms with Gasteiger partial charge in [0.2, 0.25) is 12.5 Å². The van der Waals surface area contributed by atoms with Gasteiger partial charge in [-0.2, -0.15) is 13.2 Å². The third-order valence-electron chi connectivity index (χ3n) is 4.38. The van der Waals surface area contributed by atoms with Crippen molar-refractivity contribution in [3.63, 3.8) is 0 Å². The van der Waals surface area contributed by atoms with E-state index in [1.807, 2.05) is 0 Å². The second-order valence-electron chi connectivity index (χ2n) is 5.71. The predicted octanol–water partition coefficient (Wildman–Crippen LogP) is 2.74. The molecule has 0 saturated carbocycles. The molecule has 0 aromatic heterocycles. The number of methoxy groups -OCH3 is 1. The van der Waals surface area contributed by atoms with E-state index in [0.717, 1.165) is 5.56 Å². The zero-order chi connectivity index (χ0) is 17.5. The second-order valence-corrected chi connectivity index (χ2v) is 5.71. The van der Waals surface area contributed by atoms with Crippen LogP contribution < -0.4 is 14.2 Å². The summed E-state index contributed by atoms with van der Waals surface area (Å²) in [5.74, 6) is 1.29. The Morgan fingerprint density at radius 3 is 2.83 bits per heavy atom. The maximum absolute atomic E-state index is 13.0. The van der Waals surface area contributed by atoms with Crippen LogP contribution in [0.5, 0.6) is 17.2 Å². The summed E-state index contributed by atoms with van der Waals surface area (Å²) in [7, 11) is 3.16. The average Bonchev–Trinajstić information content (AvgIpc) is 2.98. The molecule has 2 aliphatic rings. The van der Waals surface area contributed by atoms with Gasteiger partial charge in [0.15, 0.2) is 17.2 Å². The maximum atomic E-state index is 13.0. The molecule has 1 aromatic rings. The van der Waals surface area contributed by atoms with Gasteiger partial charge in [0, 0.05) is 24.6 Å². The summed E-state index contributed by atoms with van der Waals surface area (Å²) in [6, 6.07) is 1.13. The van der Waals surface area contributed by atoms with Crippen molar-refractivity contribution in [2.75, 3.05) is 27.5 Å². The Bertz CT molecular complexity index is 676. The molecule has 0 unspecified atom stereocenters. The Morgan fingerprint density at radius 2 is 2.21 bits per heavy atom. The molecule has 24 heavy (non-hydrogen) atoms. The molecule has 1 aromatic carbocycles. The molecule has 2 aliphatic heterocycles. The maximum Gasteiger partial charge on any atom is 0.432 e. The van der Waals surface area contributed by atoms with Crippen LogP contribution in [0.1, 0.15) is 23.6 Å². The SMILES string of the molecule is COc1c2c(cc3c1[C@@H](CC(=NO)C(F)(F)F)N(C)CC3)OCO2. The quantitative estimate of drug-likeness (QED) is 0.518. The van der Waals surface area contributed by atoms with Crippen molar-refractivity contribution in [1.29, 1.82) is 0 Å². The van der Waals surface area contributed by atoms with Gasteiger partial charge in [0.1, 0.15) is 0 Å². The van der Waals surface area contributed by atoms with Crippen LogP contribution in [0.25, 0.3) is 0 Å². The fraction of sp³-hybridized carbons (Fsp3) is 0.533. The van der Waals surface area contributed by atoms with E-state index in [9.17, 15) is 13.2 Å². The van der Waals surface area contributed by atoms with Gasteiger partial charge >= 0.3 is 6.18 Å². The lowest BCUT2D eigenvalue weighted by Gasteiger charge is -2.36. The molecule has 0 spiro atoms. The lowest BCUT2D eigenvalue weighted by Crippen LogP contribution is -2.36. The topological polar surface area (TPSA) is 63.5 Å². The lowest BCUT2D eigenvalue weighted by atomic mass is 9.88. The van der Waals surface area contributed by atoms with Crippen molar-refractivity contribution in [2.45, 2.75) is 25.1 Å². The first-order valence-electron chi connectivity index (χ1n) is 7.34. The van der Waals surface area contributed by atoms with Crippen molar-refractivity contribution in [1.82, 2.24) is 4.90 Å². The summed E-state index contributed by atoms with van der Waals surface area (Å²) in [5, 5.41) is 11.2. The van der Waals surface area contributed by atoms with Crippen molar-refractivity contribution in [3.05, 3.63) is 17.2 Å². The summed E-state index contributed by atoms with van der Waals surface area (Å²) in [6.07, 6.45) is -4.54. The monoisotopic (exact) mass is 346 g/mol. The summed E-state index contributed by atoms with van der Waals surface area (Å²) < 4.78 is 55.2. The van der Waals surface area contributed by atoms with Gasteiger partial charge in [-0.1, -0.05) is 5.16 Å². The number of hydrogen-bond donors (Lipinski definition) is 1. The van der Waals surface area contributed by atoms with Crippen LogP contribution in [0.3, 0.4) is 0 Å². The number of likely N-dealkylation sites (N-methyl/N-ethyl adjacent to an activating group) is 1. The minimum atomic E-state index is -4.70. The number of oxime groups is 1.